The van der Waals surface area contributed by atoms with Crippen molar-refractivity contribution in [1.82, 2.24) is 0 Å². The Hall–Kier alpha value is -0.120. The molecule has 0 bridgehead atoms. The molecule has 1 unspecified atom stereocenters. The van der Waals surface area contributed by atoms with Crippen LogP contribution in [-0.4, -0.2) is 31.0 Å². The molecular weight excluding hydrogens is 202 g/mol. The third kappa shape index (κ3) is 2.41. The smallest absolute Gasteiger partial charge is 0.0638 e. The molecule has 2 aliphatic rings. The second-order valence-corrected chi connectivity index (χ2v) is 5.52. The molecular formula is C13H25NO2. The van der Waals surface area contributed by atoms with Crippen LogP contribution in [0.15, 0.2) is 0 Å². The Balaban J connectivity index is 2.00. The maximum absolute atomic E-state index is 10.6. The fourth-order valence-corrected chi connectivity index (χ4v) is 3.41. The summed E-state index contributed by atoms with van der Waals surface area (Å²) >= 11 is 0. The number of aliphatic hydroxyl groups excluding tert-OH is 1. The van der Waals surface area contributed by atoms with Gasteiger partial charge in [0.2, 0.25) is 0 Å². The van der Waals surface area contributed by atoms with Gasteiger partial charge in [-0.3, -0.25) is 0 Å². The van der Waals surface area contributed by atoms with Gasteiger partial charge in [0.1, 0.15) is 0 Å². The summed E-state index contributed by atoms with van der Waals surface area (Å²) in [6.07, 6.45) is 7.80. The number of ether oxygens (including phenoxy) is 1. The number of nitrogens with two attached hydrogens (primary N) is 1. The Morgan fingerprint density at radius 1 is 1.19 bits per heavy atom. The maximum Gasteiger partial charge on any atom is 0.0638 e. The van der Waals surface area contributed by atoms with Crippen LogP contribution in [0.3, 0.4) is 0 Å². The maximum atomic E-state index is 10.6. The Labute approximate surface area is 98.4 Å². The molecule has 16 heavy (non-hydrogen) atoms. The lowest BCUT2D eigenvalue weighted by molar-refractivity contribution is -0.0696. The fourth-order valence-electron chi connectivity index (χ4n) is 3.41. The van der Waals surface area contributed by atoms with Crippen LogP contribution in [0.1, 0.15) is 44.9 Å². The van der Waals surface area contributed by atoms with Crippen LogP contribution < -0.4 is 5.73 Å². The molecule has 94 valence electrons. The standard InChI is InChI=1S/C13H25NO2/c14-10-13(6-2-1-3-7-13)12(15)11-4-8-16-9-5-11/h11-12,15H,1-10,14H2. The van der Waals surface area contributed by atoms with E-state index >= 15 is 0 Å². The lowest BCUT2D eigenvalue weighted by Crippen LogP contribution is -2.48. The molecule has 1 atom stereocenters. The summed E-state index contributed by atoms with van der Waals surface area (Å²) in [4.78, 5) is 0. The second kappa shape index (κ2) is 5.48. The van der Waals surface area contributed by atoms with Gasteiger partial charge >= 0.3 is 0 Å². The second-order valence-electron chi connectivity index (χ2n) is 5.52. The van der Waals surface area contributed by atoms with E-state index in [-0.39, 0.29) is 11.5 Å². The minimum absolute atomic E-state index is 0.0141. The highest BCUT2D eigenvalue weighted by molar-refractivity contribution is 4.93. The zero-order valence-corrected chi connectivity index (χ0v) is 10.2. The van der Waals surface area contributed by atoms with Gasteiger partial charge in [-0.05, 0) is 31.6 Å². The molecule has 1 saturated carbocycles. The average molecular weight is 227 g/mol. The van der Waals surface area contributed by atoms with Crippen LogP contribution in [0.4, 0.5) is 0 Å². The van der Waals surface area contributed by atoms with Gasteiger partial charge in [-0.2, -0.15) is 0 Å². The highest BCUT2D eigenvalue weighted by Crippen LogP contribution is 2.42. The first-order valence-electron chi connectivity index (χ1n) is 6.74. The van der Waals surface area contributed by atoms with Crippen LogP contribution in [0.25, 0.3) is 0 Å². The summed E-state index contributed by atoms with van der Waals surface area (Å²) in [6.45, 7) is 2.26. The zero-order valence-electron chi connectivity index (χ0n) is 10.2. The van der Waals surface area contributed by atoms with Crippen molar-refractivity contribution in [3.8, 4) is 0 Å². The SMILES string of the molecule is NCC1(C(O)C2CCOCC2)CCCCC1. The van der Waals surface area contributed by atoms with Gasteiger partial charge < -0.3 is 15.6 Å². The third-order valence-electron chi connectivity index (χ3n) is 4.60. The molecule has 0 amide bonds. The van der Waals surface area contributed by atoms with Crippen molar-refractivity contribution in [2.24, 2.45) is 17.1 Å². The first-order chi connectivity index (χ1) is 7.78. The van der Waals surface area contributed by atoms with Crippen molar-refractivity contribution < 1.29 is 9.84 Å². The number of aliphatic hydroxyl groups is 1. The summed E-state index contributed by atoms with van der Waals surface area (Å²) in [5.74, 6) is 0.412. The summed E-state index contributed by atoms with van der Waals surface area (Å²) in [6, 6.07) is 0. The van der Waals surface area contributed by atoms with E-state index in [9.17, 15) is 5.11 Å². The molecule has 1 heterocycles. The van der Waals surface area contributed by atoms with Crippen molar-refractivity contribution in [2.75, 3.05) is 19.8 Å². The van der Waals surface area contributed by atoms with Crippen molar-refractivity contribution in [2.45, 2.75) is 51.0 Å². The number of rotatable bonds is 3. The summed E-state index contributed by atoms with van der Waals surface area (Å²) in [7, 11) is 0. The number of hydrogen-bond acceptors (Lipinski definition) is 3. The lowest BCUT2D eigenvalue weighted by Gasteiger charge is -2.44. The van der Waals surface area contributed by atoms with Crippen molar-refractivity contribution in [3.63, 3.8) is 0 Å². The Kier molecular flexibility index (Phi) is 4.22. The highest BCUT2D eigenvalue weighted by atomic mass is 16.5. The van der Waals surface area contributed by atoms with Gasteiger partial charge in [0.05, 0.1) is 6.10 Å². The summed E-state index contributed by atoms with van der Waals surface area (Å²) in [5.41, 5.74) is 5.97. The minimum atomic E-state index is -0.207. The Morgan fingerprint density at radius 3 is 2.38 bits per heavy atom. The fraction of sp³-hybridized carbons (Fsp3) is 1.00. The Morgan fingerprint density at radius 2 is 1.81 bits per heavy atom. The predicted octanol–water partition coefficient (Wildman–Crippen LogP) is 1.68. The molecule has 3 heteroatoms. The molecule has 0 spiro atoms. The van der Waals surface area contributed by atoms with Gasteiger partial charge in [-0.15, -0.1) is 0 Å². The first kappa shape index (κ1) is 12.3. The van der Waals surface area contributed by atoms with E-state index in [4.69, 9.17) is 10.5 Å². The molecule has 1 saturated heterocycles. The monoisotopic (exact) mass is 227 g/mol. The van der Waals surface area contributed by atoms with Crippen LogP contribution in [0.5, 0.6) is 0 Å². The van der Waals surface area contributed by atoms with E-state index in [1.54, 1.807) is 0 Å². The van der Waals surface area contributed by atoms with E-state index in [1.807, 2.05) is 0 Å². The van der Waals surface area contributed by atoms with Crippen LogP contribution >= 0.6 is 0 Å². The van der Waals surface area contributed by atoms with Gasteiger partial charge in [-0.1, -0.05) is 19.3 Å². The molecule has 0 aromatic heterocycles. The van der Waals surface area contributed by atoms with E-state index in [0.29, 0.717) is 12.5 Å². The zero-order chi connectivity index (χ0) is 11.4. The summed E-state index contributed by atoms with van der Waals surface area (Å²) < 4.78 is 5.36. The highest BCUT2D eigenvalue weighted by Gasteiger charge is 2.41. The van der Waals surface area contributed by atoms with E-state index in [0.717, 1.165) is 38.9 Å². The molecule has 3 nitrogen and oxygen atoms in total. The molecule has 0 radical (unpaired) electrons. The average Bonchev–Trinajstić information content (AvgIpc) is 2.39. The first-order valence-corrected chi connectivity index (χ1v) is 6.74. The molecule has 2 fully saturated rings. The van der Waals surface area contributed by atoms with Gasteiger partial charge in [-0.25, -0.2) is 0 Å². The topological polar surface area (TPSA) is 55.5 Å². The number of hydrogen-bond donors (Lipinski definition) is 2. The van der Waals surface area contributed by atoms with Crippen molar-refractivity contribution in [3.05, 3.63) is 0 Å². The quantitative estimate of drug-likeness (QED) is 0.771. The van der Waals surface area contributed by atoms with E-state index in [2.05, 4.69) is 0 Å². The molecule has 3 N–H and O–H groups in total. The molecule has 1 aliphatic carbocycles. The van der Waals surface area contributed by atoms with Gasteiger partial charge in [0, 0.05) is 25.2 Å². The minimum Gasteiger partial charge on any atom is -0.392 e. The molecule has 1 aliphatic heterocycles. The van der Waals surface area contributed by atoms with Gasteiger partial charge in [0.15, 0.2) is 0 Å². The lowest BCUT2D eigenvalue weighted by atomic mass is 9.66. The third-order valence-corrected chi connectivity index (χ3v) is 4.60. The summed E-state index contributed by atoms with van der Waals surface area (Å²) in [5, 5.41) is 10.6. The predicted molar refractivity (Wildman–Crippen MR) is 64.1 cm³/mol. The van der Waals surface area contributed by atoms with E-state index in [1.165, 1.54) is 19.3 Å². The van der Waals surface area contributed by atoms with Crippen molar-refractivity contribution in [1.29, 1.82) is 0 Å². The Bertz CT molecular complexity index is 208. The van der Waals surface area contributed by atoms with Crippen LogP contribution in [0.2, 0.25) is 0 Å². The molecule has 0 aromatic carbocycles. The largest absolute Gasteiger partial charge is 0.392 e. The molecule has 2 rings (SSSR count). The van der Waals surface area contributed by atoms with Crippen molar-refractivity contribution >= 4 is 0 Å². The normalized spacial score (nSPS) is 28.9. The van der Waals surface area contributed by atoms with Crippen LogP contribution in [0, 0.1) is 11.3 Å². The van der Waals surface area contributed by atoms with Gasteiger partial charge in [0.25, 0.3) is 0 Å². The van der Waals surface area contributed by atoms with Crippen LogP contribution in [-0.2, 0) is 4.74 Å². The van der Waals surface area contributed by atoms with E-state index < -0.39 is 0 Å². The molecule has 0 aromatic rings.